The molecule has 0 radical (unpaired) electrons. The second-order valence-corrected chi connectivity index (χ2v) is 7.90. The molecule has 2 aromatic carbocycles. The predicted molar refractivity (Wildman–Crippen MR) is 119 cm³/mol. The number of hydrogen-bond donors (Lipinski definition) is 2. The maximum atomic E-state index is 12.7. The van der Waals surface area contributed by atoms with Crippen molar-refractivity contribution < 1.29 is 19.1 Å². The smallest absolute Gasteiger partial charge is 0.315 e. The van der Waals surface area contributed by atoms with Gasteiger partial charge in [-0.3, -0.25) is 4.79 Å². The molecule has 0 aliphatic carbocycles. The maximum absolute atomic E-state index is 12.7. The van der Waals surface area contributed by atoms with Gasteiger partial charge in [0.1, 0.15) is 0 Å². The molecular weight excluding hydrogens is 394 g/mol. The highest BCUT2D eigenvalue weighted by Gasteiger charge is 2.26. The van der Waals surface area contributed by atoms with Crippen LogP contribution in [0.3, 0.4) is 0 Å². The third-order valence-corrected chi connectivity index (χ3v) is 5.22. The summed E-state index contributed by atoms with van der Waals surface area (Å²) < 4.78 is 10.9. The van der Waals surface area contributed by atoms with Gasteiger partial charge in [0, 0.05) is 38.9 Å². The van der Waals surface area contributed by atoms with E-state index in [0.717, 1.165) is 16.7 Å². The summed E-state index contributed by atoms with van der Waals surface area (Å²) in [6.07, 6.45) is 0.0762. The van der Waals surface area contributed by atoms with E-state index in [1.165, 1.54) is 0 Å². The number of morpholine rings is 1. The quantitative estimate of drug-likeness (QED) is 0.715. The summed E-state index contributed by atoms with van der Waals surface area (Å²) >= 11 is 0. The minimum Gasteiger partial charge on any atom is -0.380 e. The fourth-order valence-electron chi connectivity index (χ4n) is 3.74. The lowest BCUT2D eigenvalue weighted by molar-refractivity contribution is -0.0586. The van der Waals surface area contributed by atoms with Gasteiger partial charge in [-0.2, -0.15) is 0 Å². The van der Waals surface area contributed by atoms with Gasteiger partial charge in [-0.1, -0.05) is 36.4 Å². The average molecular weight is 426 g/mol. The van der Waals surface area contributed by atoms with Crippen LogP contribution in [-0.4, -0.2) is 49.2 Å². The van der Waals surface area contributed by atoms with Gasteiger partial charge in [0.2, 0.25) is 0 Å². The zero-order valence-corrected chi connectivity index (χ0v) is 18.4. The van der Waals surface area contributed by atoms with Gasteiger partial charge in [-0.15, -0.1) is 0 Å². The molecule has 31 heavy (non-hydrogen) atoms. The van der Waals surface area contributed by atoms with Crippen LogP contribution in [0.1, 0.15) is 40.9 Å². The summed E-state index contributed by atoms with van der Waals surface area (Å²) in [6.45, 7) is 6.46. The lowest BCUT2D eigenvalue weighted by atomic mass is 10.1. The molecule has 0 aromatic heterocycles. The van der Waals surface area contributed by atoms with Crippen LogP contribution in [0.15, 0.2) is 48.5 Å². The molecule has 3 amide bonds. The van der Waals surface area contributed by atoms with E-state index < -0.39 is 0 Å². The second-order valence-electron chi connectivity index (χ2n) is 7.90. The van der Waals surface area contributed by atoms with E-state index >= 15 is 0 Å². The van der Waals surface area contributed by atoms with Crippen molar-refractivity contribution in [1.29, 1.82) is 0 Å². The molecule has 1 fully saturated rings. The van der Waals surface area contributed by atoms with E-state index in [0.29, 0.717) is 38.3 Å². The van der Waals surface area contributed by atoms with Crippen LogP contribution in [0.4, 0.5) is 4.79 Å². The molecule has 3 rings (SSSR count). The summed E-state index contributed by atoms with van der Waals surface area (Å²) in [4.78, 5) is 26.8. The lowest BCUT2D eigenvalue weighted by Crippen LogP contribution is -2.48. The Labute approximate surface area is 183 Å². The van der Waals surface area contributed by atoms with Crippen molar-refractivity contribution in [2.24, 2.45) is 0 Å². The number of hydrogen-bond acceptors (Lipinski definition) is 4. The number of amides is 3. The van der Waals surface area contributed by atoms with E-state index in [-0.39, 0.29) is 24.1 Å². The Balaban J connectivity index is 1.48. The SMILES string of the molecule is COCc1ccccc1CNC(=O)NCc1ccc(C(=O)N2CC(C)OC(C)C2)cc1. The van der Waals surface area contributed by atoms with Crippen LogP contribution >= 0.6 is 0 Å². The van der Waals surface area contributed by atoms with Crippen molar-refractivity contribution in [3.05, 3.63) is 70.8 Å². The first-order valence-electron chi connectivity index (χ1n) is 10.6. The van der Waals surface area contributed by atoms with E-state index in [4.69, 9.17) is 9.47 Å². The number of benzene rings is 2. The Morgan fingerprint density at radius 1 is 0.968 bits per heavy atom. The molecule has 2 atom stereocenters. The summed E-state index contributed by atoms with van der Waals surface area (Å²) in [5.41, 5.74) is 3.64. The van der Waals surface area contributed by atoms with Gasteiger partial charge in [0.05, 0.1) is 18.8 Å². The van der Waals surface area contributed by atoms with Crippen LogP contribution in [-0.2, 0) is 29.2 Å². The van der Waals surface area contributed by atoms with Gasteiger partial charge in [0.15, 0.2) is 0 Å². The molecule has 7 heteroatoms. The molecule has 1 aliphatic rings. The van der Waals surface area contributed by atoms with Crippen molar-refractivity contribution in [3.8, 4) is 0 Å². The number of nitrogens with zero attached hydrogens (tertiary/aromatic N) is 1. The minimum absolute atomic E-state index is 0.00831. The number of methoxy groups -OCH3 is 1. The third-order valence-electron chi connectivity index (χ3n) is 5.22. The Morgan fingerprint density at radius 3 is 2.23 bits per heavy atom. The Kier molecular flexibility index (Phi) is 8.03. The Hall–Kier alpha value is -2.90. The van der Waals surface area contributed by atoms with E-state index in [1.807, 2.05) is 67.3 Å². The van der Waals surface area contributed by atoms with Gasteiger partial charge >= 0.3 is 6.03 Å². The molecule has 1 aliphatic heterocycles. The van der Waals surface area contributed by atoms with Gasteiger partial charge in [-0.25, -0.2) is 4.79 Å². The van der Waals surface area contributed by atoms with Crippen molar-refractivity contribution in [2.75, 3.05) is 20.2 Å². The Bertz CT molecular complexity index is 875. The van der Waals surface area contributed by atoms with Crippen LogP contribution in [0, 0.1) is 0 Å². The molecule has 2 aromatic rings. The maximum Gasteiger partial charge on any atom is 0.315 e. The fourth-order valence-corrected chi connectivity index (χ4v) is 3.74. The van der Waals surface area contributed by atoms with Crippen LogP contribution < -0.4 is 10.6 Å². The molecule has 1 saturated heterocycles. The first-order chi connectivity index (χ1) is 15.0. The lowest BCUT2D eigenvalue weighted by Gasteiger charge is -2.35. The van der Waals surface area contributed by atoms with Gasteiger partial charge in [-0.05, 0) is 42.7 Å². The molecule has 166 valence electrons. The standard InChI is InChI=1S/C24H31N3O4/c1-17-14-27(15-18(2)31-17)23(28)20-10-8-19(9-11-20)12-25-24(29)26-13-21-6-4-5-7-22(21)16-30-3/h4-11,17-18H,12-16H2,1-3H3,(H2,25,26,29). The highest BCUT2D eigenvalue weighted by atomic mass is 16.5. The largest absolute Gasteiger partial charge is 0.380 e. The number of carbonyl (C=O) groups excluding carboxylic acids is 2. The number of ether oxygens (including phenoxy) is 2. The molecule has 1 heterocycles. The molecule has 0 spiro atoms. The zero-order chi connectivity index (χ0) is 22.2. The van der Waals surface area contributed by atoms with Crippen molar-refractivity contribution in [3.63, 3.8) is 0 Å². The monoisotopic (exact) mass is 425 g/mol. The number of rotatable bonds is 7. The van der Waals surface area contributed by atoms with E-state index in [1.54, 1.807) is 7.11 Å². The summed E-state index contributed by atoms with van der Waals surface area (Å²) in [5, 5.41) is 5.72. The highest BCUT2D eigenvalue weighted by molar-refractivity contribution is 5.94. The fraction of sp³-hybridized carbons (Fsp3) is 0.417. The van der Waals surface area contributed by atoms with Gasteiger partial charge < -0.3 is 25.0 Å². The van der Waals surface area contributed by atoms with Gasteiger partial charge in [0.25, 0.3) is 5.91 Å². The molecule has 0 saturated carbocycles. The minimum atomic E-state index is -0.247. The number of urea groups is 1. The average Bonchev–Trinajstić information content (AvgIpc) is 2.76. The highest BCUT2D eigenvalue weighted by Crippen LogP contribution is 2.15. The molecule has 2 unspecified atom stereocenters. The van der Waals surface area contributed by atoms with Crippen LogP contribution in [0.5, 0.6) is 0 Å². The van der Waals surface area contributed by atoms with Crippen LogP contribution in [0.2, 0.25) is 0 Å². The van der Waals surface area contributed by atoms with E-state index in [9.17, 15) is 9.59 Å². The second kappa shape index (κ2) is 10.9. The summed E-state index contributed by atoms with van der Waals surface area (Å²) in [6, 6.07) is 15.0. The molecule has 0 bridgehead atoms. The van der Waals surface area contributed by atoms with E-state index in [2.05, 4.69) is 10.6 Å². The van der Waals surface area contributed by atoms with Crippen LogP contribution in [0.25, 0.3) is 0 Å². The topological polar surface area (TPSA) is 79.9 Å². The van der Waals surface area contributed by atoms with Crippen molar-refractivity contribution >= 4 is 11.9 Å². The normalized spacial score (nSPS) is 18.5. The van der Waals surface area contributed by atoms with Crippen molar-refractivity contribution in [2.45, 2.75) is 45.8 Å². The zero-order valence-electron chi connectivity index (χ0n) is 18.4. The number of nitrogens with one attached hydrogen (secondary N) is 2. The molecule has 2 N–H and O–H groups in total. The third kappa shape index (κ3) is 6.54. The Morgan fingerprint density at radius 2 is 1.58 bits per heavy atom. The molecule has 7 nitrogen and oxygen atoms in total. The predicted octanol–water partition coefficient (Wildman–Crippen LogP) is 3.08. The first kappa shape index (κ1) is 22.8. The first-order valence-corrected chi connectivity index (χ1v) is 10.6. The number of carbonyl (C=O) groups is 2. The summed E-state index contributed by atoms with van der Waals surface area (Å²) in [5.74, 6) is 0.00831. The van der Waals surface area contributed by atoms with Crippen molar-refractivity contribution in [1.82, 2.24) is 15.5 Å². The summed E-state index contributed by atoms with van der Waals surface area (Å²) in [7, 11) is 1.65. The molecular formula is C24H31N3O4.